The van der Waals surface area contributed by atoms with E-state index in [1.165, 1.54) is 30.6 Å². The number of benzene rings is 2. The highest BCUT2D eigenvalue weighted by atomic mass is 32.2. The summed E-state index contributed by atoms with van der Waals surface area (Å²) in [4.78, 5) is 16.6. The zero-order valence-electron chi connectivity index (χ0n) is 15.8. The number of fused-ring (bicyclic) bond motifs is 1. The van der Waals surface area contributed by atoms with Gasteiger partial charge in [-0.1, -0.05) is 11.3 Å². The Hall–Kier alpha value is -2.72. The number of aromatic nitrogens is 1. The van der Waals surface area contributed by atoms with Crippen LogP contribution in [0.1, 0.15) is 12.8 Å². The third kappa shape index (κ3) is 4.83. The summed E-state index contributed by atoms with van der Waals surface area (Å²) < 4.78 is 48.8. The molecule has 3 aromatic rings. The molecular formula is C19H19FN2O5S2. The Morgan fingerprint density at radius 3 is 2.41 bits per heavy atom. The fourth-order valence-corrected chi connectivity index (χ4v) is 5.00. The molecule has 0 unspecified atom stereocenters. The number of rotatable bonds is 8. The van der Waals surface area contributed by atoms with Gasteiger partial charge in [-0.3, -0.25) is 4.79 Å². The van der Waals surface area contributed by atoms with Gasteiger partial charge in [0.05, 0.1) is 24.9 Å². The van der Waals surface area contributed by atoms with E-state index in [0.717, 1.165) is 16.8 Å². The fraction of sp³-hybridized carbons (Fsp3) is 0.263. The molecular weight excluding hydrogens is 419 g/mol. The molecule has 2 aromatic carbocycles. The number of methoxy groups -OCH3 is 2. The van der Waals surface area contributed by atoms with Crippen molar-refractivity contribution in [2.75, 3.05) is 25.3 Å². The van der Waals surface area contributed by atoms with Crippen molar-refractivity contribution in [3.05, 3.63) is 42.2 Å². The van der Waals surface area contributed by atoms with Crippen molar-refractivity contribution < 1.29 is 27.1 Å². The van der Waals surface area contributed by atoms with Crippen LogP contribution in [0.4, 0.5) is 9.52 Å². The standard InChI is InChI=1S/C19H19FN2O5S2/c1-26-14-9-10-15(27-2)18-17(14)22-19(28-18)21-16(23)4-3-11-29(24,25)13-7-5-12(20)6-8-13/h5-10H,3-4,11H2,1-2H3,(H,21,22,23). The summed E-state index contributed by atoms with van der Waals surface area (Å²) >= 11 is 1.24. The summed E-state index contributed by atoms with van der Waals surface area (Å²) in [6, 6.07) is 8.10. The Morgan fingerprint density at radius 1 is 1.10 bits per heavy atom. The molecule has 1 N–H and O–H groups in total. The number of nitrogens with zero attached hydrogens (tertiary/aromatic N) is 1. The lowest BCUT2D eigenvalue weighted by molar-refractivity contribution is -0.116. The van der Waals surface area contributed by atoms with Crippen molar-refractivity contribution in [1.82, 2.24) is 4.98 Å². The number of ether oxygens (including phenoxy) is 2. The van der Waals surface area contributed by atoms with Crippen LogP contribution in [-0.2, 0) is 14.6 Å². The van der Waals surface area contributed by atoms with E-state index in [4.69, 9.17) is 9.47 Å². The molecule has 0 aliphatic heterocycles. The van der Waals surface area contributed by atoms with E-state index in [0.29, 0.717) is 22.1 Å². The molecule has 1 amide bonds. The van der Waals surface area contributed by atoms with Gasteiger partial charge in [0.2, 0.25) is 5.91 Å². The van der Waals surface area contributed by atoms with Crippen LogP contribution >= 0.6 is 11.3 Å². The van der Waals surface area contributed by atoms with E-state index in [1.54, 1.807) is 19.2 Å². The van der Waals surface area contributed by atoms with Gasteiger partial charge in [-0.25, -0.2) is 17.8 Å². The molecule has 154 valence electrons. The molecule has 10 heteroatoms. The van der Waals surface area contributed by atoms with Crippen molar-refractivity contribution in [1.29, 1.82) is 0 Å². The monoisotopic (exact) mass is 438 g/mol. The number of carbonyl (C=O) groups excluding carboxylic acids is 1. The molecule has 0 bridgehead atoms. The Bertz CT molecular complexity index is 1090. The average molecular weight is 439 g/mol. The molecule has 0 saturated carbocycles. The molecule has 0 spiro atoms. The number of anilines is 1. The van der Waals surface area contributed by atoms with Gasteiger partial charge in [0.25, 0.3) is 0 Å². The molecule has 0 saturated heterocycles. The van der Waals surface area contributed by atoms with Gasteiger partial charge in [-0.2, -0.15) is 0 Å². The number of halogens is 1. The SMILES string of the molecule is COc1ccc(OC)c2sc(NC(=O)CCCS(=O)(=O)c3ccc(F)cc3)nc12. The van der Waals surface area contributed by atoms with Crippen LogP contribution in [0.5, 0.6) is 11.5 Å². The molecule has 29 heavy (non-hydrogen) atoms. The third-order valence-corrected chi connectivity index (χ3v) is 6.95. The average Bonchev–Trinajstić information content (AvgIpc) is 3.10. The lowest BCUT2D eigenvalue weighted by Gasteiger charge is -2.04. The van der Waals surface area contributed by atoms with Crippen LogP contribution in [0, 0.1) is 5.82 Å². The summed E-state index contributed by atoms with van der Waals surface area (Å²) in [5, 5.41) is 3.05. The highest BCUT2D eigenvalue weighted by molar-refractivity contribution is 7.91. The van der Waals surface area contributed by atoms with E-state index in [2.05, 4.69) is 10.3 Å². The maximum absolute atomic E-state index is 12.9. The maximum atomic E-state index is 12.9. The van der Waals surface area contributed by atoms with Crippen molar-refractivity contribution in [2.24, 2.45) is 0 Å². The van der Waals surface area contributed by atoms with Crippen LogP contribution in [0.3, 0.4) is 0 Å². The van der Waals surface area contributed by atoms with Gasteiger partial charge in [-0.15, -0.1) is 0 Å². The molecule has 1 aromatic heterocycles. The molecule has 1 heterocycles. The predicted molar refractivity (Wildman–Crippen MR) is 109 cm³/mol. The maximum Gasteiger partial charge on any atom is 0.226 e. The second kappa shape index (κ2) is 8.75. The lowest BCUT2D eigenvalue weighted by atomic mass is 10.3. The Labute approximate surface area is 171 Å². The molecule has 0 radical (unpaired) electrons. The summed E-state index contributed by atoms with van der Waals surface area (Å²) in [5.74, 6) is 0.101. The van der Waals surface area contributed by atoms with Crippen molar-refractivity contribution in [3.8, 4) is 11.5 Å². The molecule has 0 atom stereocenters. The topological polar surface area (TPSA) is 94.6 Å². The van der Waals surface area contributed by atoms with Gasteiger partial charge >= 0.3 is 0 Å². The van der Waals surface area contributed by atoms with Crippen molar-refractivity contribution in [2.45, 2.75) is 17.7 Å². The quantitative estimate of drug-likeness (QED) is 0.540. The van der Waals surface area contributed by atoms with Crippen LogP contribution < -0.4 is 14.8 Å². The Morgan fingerprint density at radius 2 is 1.76 bits per heavy atom. The first-order chi connectivity index (χ1) is 13.8. The number of thiazole rings is 1. The molecule has 7 nitrogen and oxygen atoms in total. The number of hydrogen-bond donors (Lipinski definition) is 1. The van der Waals surface area contributed by atoms with Crippen LogP contribution in [0.2, 0.25) is 0 Å². The first-order valence-electron chi connectivity index (χ1n) is 8.64. The van der Waals surface area contributed by atoms with Gasteiger partial charge < -0.3 is 14.8 Å². The highest BCUT2D eigenvalue weighted by Gasteiger charge is 2.17. The first-order valence-corrected chi connectivity index (χ1v) is 11.1. The Kier molecular flexibility index (Phi) is 6.33. The summed E-state index contributed by atoms with van der Waals surface area (Å²) in [6.45, 7) is 0. The molecule has 0 aliphatic carbocycles. The highest BCUT2D eigenvalue weighted by Crippen LogP contribution is 2.38. The normalized spacial score (nSPS) is 11.4. The van der Waals surface area contributed by atoms with E-state index >= 15 is 0 Å². The van der Waals surface area contributed by atoms with Gasteiger partial charge in [0.15, 0.2) is 15.0 Å². The van der Waals surface area contributed by atoms with Gasteiger partial charge in [0, 0.05) is 6.42 Å². The summed E-state index contributed by atoms with van der Waals surface area (Å²) in [6.07, 6.45) is 0.133. The Balaban J connectivity index is 1.63. The smallest absolute Gasteiger partial charge is 0.226 e. The van der Waals surface area contributed by atoms with Crippen LogP contribution in [0.25, 0.3) is 10.2 Å². The van der Waals surface area contributed by atoms with Gasteiger partial charge in [0.1, 0.15) is 27.5 Å². The largest absolute Gasteiger partial charge is 0.495 e. The lowest BCUT2D eigenvalue weighted by Crippen LogP contribution is -2.14. The molecule has 0 aliphatic rings. The summed E-state index contributed by atoms with van der Waals surface area (Å²) in [5.41, 5.74) is 0.575. The number of nitrogens with one attached hydrogen (secondary N) is 1. The minimum Gasteiger partial charge on any atom is -0.495 e. The number of amides is 1. The van der Waals surface area contributed by atoms with E-state index < -0.39 is 15.7 Å². The van der Waals surface area contributed by atoms with E-state index in [1.807, 2.05) is 0 Å². The van der Waals surface area contributed by atoms with E-state index in [-0.39, 0.29) is 29.4 Å². The third-order valence-electron chi connectivity index (χ3n) is 4.15. The molecule has 0 fully saturated rings. The van der Waals surface area contributed by atoms with Gasteiger partial charge in [-0.05, 0) is 42.8 Å². The molecule has 3 rings (SSSR count). The predicted octanol–water partition coefficient (Wildman–Crippen LogP) is 3.65. The number of hydrogen-bond acceptors (Lipinski definition) is 7. The minimum atomic E-state index is -3.58. The van der Waals surface area contributed by atoms with Crippen molar-refractivity contribution >= 4 is 42.4 Å². The zero-order chi connectivity index (χ0) is 21.0. The van der Waals surface area contributed by atoms with Crippen LogP contribution in [0.15, 0.2) is 41.3 Å². The number of carbonyl (C=O) groups is 1. The summed E-state index contributed by atoms with van der Waals surface area (Å²) in [7, 11) is -0.506. The van der Waals surface area contributed by atoms with Crippen LogP contribution in [-0.4, -0.2) is 39.3 Å². The second-order valence-electron chi connectivity index (χ2n) is 6.09. The fourth-order valence-electron chi connectivity index (χ4n) is 2.70. The van der Waals surface area contributed by atoms with E-state index in [9.17, 15) is 17.6 Å². The minimum absolute atomic E-state index is 0.00458. The number of sulfone groups is 1. The zero-order valence-corrected chi connectivity index (χ0v) is 17.4. The first kappa shape index (κ1) is 21.0. The second-order valence-corrected chi connectivity index (χ2v) is 9.20. The van der Waals surface area contributed by atoms with Crippen molar-refractivity contribution in [3.63, 3.8) is 0 Å².